The third-order valence-corrected chi connectivity index (χ3v) is 7.19. The van der Waals surface area contributed by atoms with E-state index in [2.05, 4.69) is 19.8 Å². The Balaban J connectivity index is 1.48. The molecule has 0 radical (unpaired) electrons. The lowest BCUT2D eigenvalue weighted by atomic mass is 10.0. The van der Waals surface area contributed by atoms with Crippen LogP contribution in [0.2, 0.25) is 0 Å². The van der Waals surface area contributed by atoms with Crippen LogP contribution in [0.1, 0.15) is 12.2 Å². The summed E-state index contributed by atoms with van der Waals surface area (Å²) in [6, 6.07) is -0.994. The zero-order chi connectivity index (χ0) is 23.9. The highest BCUT2D eigenvalue weighted by molar-refractivity contribution is 8.00. The standard InChI is InChI=1S/C18H21N7O6S2/c1-25(2)6-5-9(31-25)4-3-8-7-32-16-11(15(27)24(16)12(8)17(28)29)20-14(26)10(22-30)13-21-18(19)33-23-13/h3-4,9,11,16H,5-7H2,1-2H3,(H4-,19,20,21,23,26,28,29,30)/p+1/b4-3+/t9?,11-,16-/m1/s1. The van der Waals surface area contributed by atoms with Crippen molar-refractivity contribution in [3.63, 3.8) is 0 Å². The minimum Gasteiger partial charge on any atom is -0.477 e. The number of carbonyl (C=O) groups excluding carboxylic acids is 2. The Bertz CT molecular complexity index is 1100. The molecule has 0 aliphatic carbocycles. The minimum atomic E-state index is -1.23. The Labute approximate surface area is 196 Å². The summed E-state index contributed by atoms with van der Waals surface area (Å²) in [6.45, 7) is 0.838. The van der Waals surface area contributed by atoms with Gasteiger partial charge in [-0.2, -0.15) is 18.8 Å². The van der Waals surface area contributed by atoms with Crippen LogP contribution in [0.15, 0.2) is 28.6 Å². The van der Waals surface area contributed by atoms with Gasteiger partial charge in [0.05, 0.1) is 14.1 Å². The number of hydrogen-bond donors (Lipinski definition) is 4. The fourth-order valence-electron chi connectivity index (χ4n) is 3.77. The summed E-state index contributed by atoms with van der Waals surface area (Å²) in [6.07, 6.45) is 4.16. The van der Waals surface area contributed by atoms with Gasteiger partial charge in [0.15, 0.2) is 5.13 Å². The number of nitrogens with two attached hydrogens (primary N) is 1. The molecular formula is C18H22N7O6S2+. The van der Waals surface area contributed by atoms with Crippen LogP contribution >= 0.6 is 23.3 Å². The molecule has 0 bridgehead atoms. The first-order valence-electron chi connectivity index (χ1n) is 9.84. The molecule has 4 heterocycles. The van der Waals surface area contributed by atoms with Gasteiger partial charge < -0.3 is 21.4 Å². The number of allylic oxidation sites excluding steroid dienone is 1. The van der Waals surface area contributed by atoms with Crippen LogP contribution in [0, 0.1) is 0 Å². The van der Waals surface area contributed by atoms with Crippen LogP contribution in [-0.4, -0.2) is 96.6 Å². The van der Waals surface area contributed by atoms with Crippen LogP contribution < -0.4 is 11.1 Å². The summed E-state index contributed by atoms with van der Waals surface area (Å²) < 4.78 is 4.24. The summed E-state index contributed by atoms with van der Waals surface area (Å²) in [5, 5.41) is 23.8. The smallest absolute Gasteiger partial charge is 0.352 e. The van der Waals surface area contributed by atoms with Crippen molar-refractivity contribution in [3.05, 3.63) is 29.2 Å². The summed E-state index contributed by atoms with van der Waals surface area (Å²) in [5.74, 6) is -2.54. The fraction of sp³-hybridized carbons (Fsp3) is 0.444. The average molecular weight is 497 g/mol. The highest BCUT2D eigenvalue weighted by atomic mass is 32.2. The van der Waals surface area contributed by atoms with Gasteiger partial charge in [0.25, 0.3) is 11.8 Å². The van der Waals surface area contributed by atoms with E-state index in [0.717, 1.165) is 29.4 Å². The van der Waals surface area contributed by atoms with Gasteiger partial charge in [-0.1, -0.05) is 11.2 Å². The molecule has 2 saturated heterocycles. The number of anilines is 1. The molecule has 1 aromatic rings. The molecule has 15 heteroatoms. The van der Waals surface area contributed by atoms with Gasteiger partial charge in [0, 0.05) is 23.7 Å². The molecule has 5 N–H and O–H groups in total. The number of nitrogens with zero attached hydrogens (tertiary/aromatic N) is 5. The van der Waals surface area contributed by atoms with E-state index in [-0.39, 0.29) is 22.8 Å². The lowest BCUT2D eigenvalue weighted by Gasteiger charge is -2.49. The molecule has 0 saturated carbocycles. The Morgan fingerprint density at radius 1 is 1.42 bits per heavy atom. The van der Waals surface area contributed by atoms with Crippen molar-refractivity contribution in [1.29, 1.82) is 0 Å². The SMILES string of the molecule is C[N+]1(C)CCC(/C=C/C2=C(C(=O)O)N3C(=O)[C@@H](NC(=O)/C(=N/O)c4nsc(N)n4)[C@H]3SC2)O1. The number of oxime groups is 1. The number of carboxylic acids is 1. The number of hydrogen-bond acceptors (Lipinski definition) is 11. The number of carbonyl (C=O) groups is 3. The normalized spacial score (nSPS) is 27.0. The molecule has 33 heavy (non-hydrogen) atoms. The number of aliphatic carboxylic acids is 1. The number of rotatable bonds is 6. The number of nitrogen functional groups attached to an aromatic ring is 1. The van der Waals surface area contributed by atoms with Gasteiger partial charge in [-0.25, -0.2) is 4.79 Å². The molecule has 1 unspecified atom stereocenters. The zero-order valence-corrected chi connectivity index (χ0v) is 19.3. The maximum absolute atomic E-state index is 12.8. The summed E-state index contributed by atoms with van der Waals surface area (Å²) >= 11 is 2.14. The van der Waals surface area contributed by atoms with Gasteiger partial charge in [0.2, 0.25) is 11.5 Å². The van der Waals surface area contributed by atoms with Crippen LogP contribution in [0.25, 0.3) is 0 Å². The van der Waals surface area contributed by atoms with Crippen LogP contribution in [0.5, 0.6) is 0 Å². The first kappa shape index (κ1) is 23.2. The predicted octanol–water partition coefficient (Wildman–Crippen LogP) is -0.626. The van der Waals surface area contributed by atoms with Gasteiger partial charge >= 0.3 is 5.97 Å². The van der Waals surface area contributed by atoms with E-state index < -0.39 is 34.9 Å². The molecular weight excluding hydrogens is 474 g/mol. The molecule has 0 spiro atoms. The third-order valence-electron chi connectivity index (χ3n) is 5.34. The number of β-lactam (4-membered cyclic amide) rings is 1. The number of amides is 2. The molecule has 13 nitrogen and oxygen atoms in total. The van der Waals surface area contributed by atoms with Crippen LogP contribution in [-0.2, 0) is 19.2 Å². The number of nitrogens with one attached hydrogen (secondary N) is 1. The lowest BCUT2D eigenvalue weighted by molar-refractivity contribution is -1.06. The Morgan fingerprint density at radius 2 is 2.18 bits per heavy atom. The van der Waals surface area contributed by atoms with Crippen molar-refractivity contribution in [2.45, 2.75) is 23.9 Å². The van der Waals surface area contributed by atoms with Crippen molar-refractivity contribution < 1.29 is 34.2 Å². The fourth-order valence-corrected chi connectivity index (χ4v) is 5.52. The molecule has 176 valence electrons. The minimum absolute atomic E-state index is 0.0787. The van der Waals surface area contributed by atoms with Crippen molar-refractivity contribution in [1.82, 2.24) is 19.6 Å². The Morgan fingerprint density at radius 3 is 2.76 bits per heavy atom. The lowest BCUT2D eigenvalue weighted by Crippen LogP contribution is -2.71. The third kappa shape index (κ3) is 4.44. The van der Waals surface area contributed by atoms with Crippen molar-refractivity contribution in [3.8, 4) is 0 Å². The monoisotopic (exact) mass is 496 g/mol. The van der Waals surface area contributed by atoms with Crippen molar-refractivity contribution >= 4 is 51.9 Å². The second kappa shape index (κ2) is 8.74. The quantitative estimate of drug-likeness (QED) is 0.130. The molecule has 0 aromatic carbocycles. The van der Waals surface area contributed by atoms with Gasteiger partial charge in [0.1, 0.15) is 29.8 Å². The van der Waals surface area contributed by atoms with Crippen molar-refractivity contribution in [2.24, 2.45) is 5.16 Å². The van der Waals surface area contributed by atoms with E-state index in [1.807, 2.05) is 20.2 Å². The number of fused-ring (bicyclic) bond motifs is 1. The van der Waals surface area contributed by atoms with E-state index >= 15 is 0 Å². The molecule has 3 aliphatic heterocycles. The number of carboxylic acid groups (broad SMARTS) is 1. The van der Waals surface area contributed by atoms with E-state index in [0.29, 0.717) is 16.0 Å². The van der Waals surface area contributed by atoms with Gasteiger partial charge in [-0.3, -0.25) is 14.5 Å². The molecule has 2 amide bonds. The maximum Gasteiger partial charge on any atom is 0.352 e. The molecule has 2 fully saturated rings. The summed E-state index contributed by atoms with van der Waals surface area (Å²) in [4.78, 5) is 48.1. The van der Waals surface area contributed by atoms with Crippen LogP contribution in [0.4, 0.5) is 5.13 Å². The van der Waals surface area contributed by atoms with Gasteiger partial charge in [-0.15, -0.1) is 11.8 Å². The largest absolute Gasteiger partial charge is 0.477 e. The molecule has 3 atom stereocenters. The first-order chi connectivity index (χ1) is 15.6. The average Bonchev–Trinajstić information content (AvgIpc) is 3.34. The Kier molecular flexibility index (Phi) is 6.13. The second-order valence-electron chi connectivity index (χ2n) is 8.03. The zero-order valence-electron chi connectivity index (χ0n) is 17.7. The topological polar surface area (TPSA) is 180 Å². The molecule has 1 aromatic heterocycles. The van der Waals surface area contributed by atoms with E-state index in [4.69, 9.17) is 10.6 Å². The molecule has 4 rings (SSSR count). The van der Waals surface area contributed by atoms with E-state index in [9.17, 15) is 24.7 Å². The van der Waals surface area contributed by atoms with E-state index in [1.54, 1.807) is 6.08 Å². The second-order valence-corrected chi connectivity index (χ2v) is 9.92. The number of quaternary nitrogens is 1. The summed E-state index contributed by atoms with van der Waals surface area (Å²) in [5.41, 5.74) is 5.36. The summed E-state index contributed by atoms with van der Waals surface area (Å²) in [7, 11) is 3.88. The number of hydroxylamine groups is 3. The highest BCUT2D eigenvalue weighted by Crippen LogP contribution is 2.40. The molecule has 3 aliphatic rings. The van der Waals surface area contributed by atoms with E-state index in [1.165, 1.54) is 11.8 Å². The van der Waals surface area contributed by atoms with Gasteiger partial charge in [-0.05, 0) is 11.6 Å². The number of aromatic nitrogens is 2. The maximum atomic E-state index is 12.8. The first-order valence-corrected chi connectivity index (χ1v) is 11.7. The number of thioether (sulfide) groups is 1. The van der Waals surface area contributed by atoms with Crippen LogP contribution in [0.3, 0.4) is 0 Å². The van der Waals surface area contributed by atoms with Crippen molar-refractivity contribution in [2.75, 3.05) is 32.1 Å². The predicted molar refractivity (Wildman–Crippen MR) is 118 cm³/mol. The Hall–Kier alpha value is -3.01. The highest BCUT2D eigenvalue weighted by Gasteiger charge is 2.54.